The predicted octanol–water partition coefficient (Wildman–Crippen LogP) is 4.07. The van der Waals surface area contributed by atoms with Crippen LogP contribution in [0.2, 0.25) is 10.4 Å². The third-order valence-corrected chi connectivity index (χ3v) is 2.55. The van der Waals surface area contributed by atoms with Gasteiger partial charge in [0.25, 0.3) is 0 Å². The van der Waals surface area contributed by atoms with Crippen LogP contribution in [-0.2, 0) is 0 Å². The zero-order valence-corrected chi connectivity index (χ0v) is 10.5. The van der Waals surface area contributed by atoms with Gasteiger partial charge < -0.3 is 0 Å². The minimum absolute atomic E-state index is 0.168. The molecule has 0 aliphatic heterocycles. The second-order valence-corrected chi connectivity index (χ2v) is 4.45. The normalized spacial score (nSPS) is 10.5. The average molecular weight is 253 g/mol. The Morgan fingerprint density at radius 2 is 1.50 bits per heavy atom. The van der Waals surface area contributed by atoms with Crippen LogP contribution in [0.5, 0.6) is 0 Å². The molecule has 0 radical (unpaired) electrons. The smallest absolute Gasteiger partial charge is 0.218 e. The third kappa shape index (κ3) is 2.52. The fourth-order valence-electron chi connectivity index (χ4n) is 1.66. The second-order valence-electron chi connectivity index (χ2n) is 3.72. The Bertz CT molecular complexity index is 449. The van der Waals surface area contributed by atoms with E-state index in [-0.39, 0.29) is 5.28 Å². The highest BCUT2D eigenvalue weighted by Gasteiger charge is 2.05. The summed E-state index contributed by atoms with van der Waals surface area (Å²) in [5.74, 6) is 0. The molecule has 0 atom stereocenters. The van der Waals surface area contributed by atoms with E-state index in [2.05, 4.69) is 16.0 Å². The van der Waals surface area contributed by atoms with Crippen molar-refractivity contribution < 1.29 is 0 Å². The highest BCUT2D eigenvalue weighted by Crippen LogP contribution is 2.23. The van der Waals surface area contributed by atoms with Gasteiger partial charge in [0.2, 0.25) is 5.28 Å². The number of rotatable bonds is 1. The lowest BCUT2D eigenvalue weighted by Crippen LogP contribution is -1.89. The van der Waals surface area contributed by atoms with Crippen LogP contribution in [0.4, 0.5) is 0 Å². The van der Waals surface area contributed by atoms with Crippen LogP contribution in [0.15, 0.2) is 24.3 Å². The van der Waals surface area contributed by atoms with Gasteiger partial charge in [-0.15, -0.1) is 0 Å². The molecule has 2 rings (SSSR count). The number of benzene rings is 1. The Balaban J connectivity index is 2.57. The van der Waals surface area contributed by atoms with E-state index >= 15 is 0 Å². The van der Waals surface area contributed by atoms with E-state index in [0.29, 0.717) is 5.15 Å². The summed E-state index contributed by atoms with van der Waals surface area (Å²) in [5.41, 5.74) is 4.11. The van der Waals surface area contributed by atoms with E-state index in [1.165, 1.54) is 11.1 Å². The van der Waals surface area contributed by atoms with Crippen molar-refractivity contribution in [3.05, 3.63) is 45.8 Å². The molecule has 0 saturated carbocycles. The van der Waals surface area contributed by atoms with Gasteiger partial charge in [0.15, 0.2) is 0 Å². The van der Waals surface area contributed by atoms with Gasteiger partial charge in [-0.25, -0.2) is 9.97 Å². The highest BCUT2D eigenvalue weighted by atomic mass is 35.5. The van der Waals surface area contributed by atoms with Gasteiger partial charge in [0.05, 0.1) is 5.69 Å². The molecule has 82 valence electrons. The summed E-state index contributed by atoms with van der Waals surface area (Å²) in [6.07, 6.45) is 0. The molecule has 16 heavy (non-hydrogen) atoms. The second kappa shape index (κ2) is 4.40. The summed E-state index contributed by atoms with van der Waals surface area (Å²) in [7, 11) is 0. The first-order valence-corrected chi connectivity index (χ1v) is 5.59. The number of nitrogens with zero attached hydrogens (tertiary/aromatic N) is 2. The molecule has 0 amide bonds. The summed E-state index contributed by atoms with van der Waals surface area (Å²) in [4.78, 5) is 7.98. The molecule has 4 heteroatoms. The maximum atomic E-state index is 5.84. The van der Waals surface area contributed by atoms with E-state index in [1.807, 2.05) is 26.0 Å². The Labute approximate surface area is 104 Å². The van der Waals surface area contributed by atoms with Crippen molar-refractivity contribution in [1.29, 1.82) is 0 Å². The quantitative estimate of drug-likeness (QED) is 0.565. The van der Waals surface area contributed by atoms with Gasteiger partial charge in [-0.05, 0) is 37.6 Å². The molecule has 0 bridgehead atoms. The van der Waals surface area contributed by atoms with Crippen molar-refractivity contribution in [2.75, 3.05) is 0 Å². The van der Waals surface area contributed by atoms with E-state index in [4.69, 9.17) is 23.2 Å². The van der Waals surface area contributed by atoms with Crippen molar-refractivity contribution in [1.82, 2.24) is 9.97 Å². The molecule has 1 aromatic carbocycles. The van der Waals surface area contributed by atoms with Crippen LogP contribution in [0.25, 0.3) is 11.3 Å². The van der Waals surface area contributed by atoms with Crippen LogP contribution in [0.3, 0.4) is 0 Å². The molecule has 1 aromatic heterocycles. The van der Waals surface area contributed by atoms with Crippen molar-refractivity contribution in [2.24, 2.45) is 0 Å². The van der Waals surface area contributed by atoms with Crippen LogP contribution < -0.4 is 0 Å². The van der Waals surface area contributed by atoms with Gasteiger partial charge in [0, 0.05) is 11.6 Å². The summed E-state index contributed by atoms with van der Waals surface area (Å²) in [6.45, 7) is 4.09. The monoisotopic (exact) mass is 252 g/mol. The number of halogens is 2. The molecule has 0 spiro atoms. The molecule has 0 aliphatic carbocycles. The van der Waals surface area contributed by atoms with Crippen molar-refractivity contribution in [2.45, 2.75) is 13.8 Å². The molecule has 0 N–H and O–H groups in total. The number of aromatic nitrogens is 2. The maximum Gasteiger partial charge on any atom is 0.224 e. The first-order valence-electron chi connectivity index (χ1n) is 4.83. The zero-order chi connectivity index (χ0) is 11.7. The van der Waals surface area contributed by atoms with Gasteiger partial charge in [-0.2, -0.15) is 0 Å². The molecular weight excluding hydrogens is 243 g/mol. The van der Waals surface area contributed by atoms with Crippen LogP contribution in [0, 0.1) is 13.8 Å². The Hall–Kier alpha value is -1.12. The standard InChI is InChI=1S/C12H10Cl2N2/c1-7-3-8(2)5-9(4-7)10-6-11(13)16-12(14)15-10/h3-6H,1-2H3. The summed E-state index contributed by atoms with van der Waals surface area (Å²) in [5, 5.41) is 0.524. The van der Waals surface area contributed by atoms with E-state index in [0.717, 1.165) is 11.3 Å². The van der Waals surface area contributed by atoms with Gasteiger partial charge >= 0.3 is 0 Å². The summed E-state index contributed by atoms with van der Waals surface area (Å²) < 4.78 is 0. The SMILES string of the molecule is Cc1cc(C)cc(-c2cc(Cl)nc(Cl)n2)c1. The minimum Gasteiger partial charge on any atom is -0.218 e. The first kappa shape index (κ1) is 11.4. The Morgan fingerprint density at radius 1 is 0.875 bits per heavy atom. The van der Waals surface area contributed by atoms with E-state index in [9.17, 15) is 0 Å². The Kier molecular flexibility index (Phi) is 3.13. The molecule has 0 unspecified atom stereocenters. The minimum atomic E-state index is 0.168. The number of hydrogen-bond acceptors (Lipinski definition) is 2. The fraction of sp³-hybridized carbons (Fsp3) is 0.167. The average Bonchev–Trinajstić information content (AvgIpc) is 2.14. The summed E-state index contributed by atoms with van der Waals surface area (Å²) in [6, 6.07) is 7.90. The number of hydrogen-bond donors (Lipinski definition) is 0. The van der Waals surface area contributed by atoms with Crippen LogP contribution >= 0.6 is 23.2 Å². The summed E-state index contributed by atoms with van der Waals surface area (Å²) >= 11 is 11.6. The molecule has 2 aromatic rings. The molecule has 0 saturated heterocycles. The first-order chi connectivity index (χ1) is 7.54. The lowest BCUT2D eigenvalue weighted by molar-refractivity contribution is 1.17. The van der Waals surface area contributed by atoms with E-state index < -0.39 is 0 Å². The molecule has 0 aliphatic rings. The van der Waals surface area contributed by atoms with Gasteiger partial charge in [-0.3, -0.25) is 0 Å². The van der Waals surface area contributed by atoms with Crippen LogP contribution in [0.1, 0.15) is 11.1 Å². The van der Waals surface area contributed by atoms with Crippen molar-refractivity contribution in [3.8, 4) is 11.3 Å². The lowest BCUT2D eigenvalue weighted by Gasteiger charge is -2.05. The van der Waals surface area contributed by atoms with Gasteiger partial charge in [-0.1, -0.05) is 28.8 Å². The lowest BCUT2D eigenvalue weighted by atomic mass is 10.1. The molecule has 0 fully saturated rings. The zero-order valence-electron chi connectivity index (χ0n) is 8.96. The Morgan fingerprint density at radius 3 is 2.06 bits per heavy atom. The fourth-order valence-corrected chi connectivity index (χ4v) is 2.07. The number of aryl methyl sites for hydroxylation is 2. The largest absolute Gasteiger partial charge is 0.224 e. The predicted molar refractivity (Wildman–Crippen MR) is 67.0 cm³/mol. The molecular formula is C12H10Cl2N2. The van der Waals surface area contributed by atoms with Gasteiger partial charge in [0.1, 0.15) is 5.15 Å². The topological polar surface area (TPSA) is 25.8 Å². The molecule has 2 nitrogen and oxygen atoms in total. The third-order valence-electron chi connectivity index (χ3n) is 2.19. The van der Waals surface area contributed by atoms with E-state index in [1.54, 1.807) is 6.07 Å². The van der Waals surface area contributed by atoms with Crippen molar-refractivity contribution >= 4 is 23.2 Å². The highest BCUT2D eigenvalue weighted by molar-refractivity contribution is 6.32. The van der Waals surface area contributed by atoms with Crippen molar-refractivity contribution in [3.63, 3.8) is 0 Å². The maximum absolute atomic E-state index is 5.84. The van der Waals surface area contributed by atoms with Crippen LogP contribution in [-0.4, -0.2) is 9.97 Å². The molecule has 1 heterocycles.